The first-order valence-corrected chi connectivity index (χ1v) is 19.5. The standard InChI is InChI=1S/C21H23NO3.C11H16.C7H16.C6H12/c1-15-2-4-16(5-3-15)19-12-18(14-22(19)8-9-23)17-6-7-20-21(13-17)25-11-10-24-20;1-4-10-7-6-8-11(5-2)9(10)3;1-3-5-7-6-4-2;1-5-3-4-6(5)2/h2-7,9,13,18-19H,8,10-12,14H2,1H3;6-8H,4-5H2,1-3H3;3-7H2,1-2H3;5-6H,3-4H2,1-2H3/t18?,19-;;;/m1.../s1. The summed E-state index contributed by atoms with van der Waals surface area (Å²) in [4.78, 5) is 13.4. The van der Waals surface area contributed by atoms with Gasteiger partial charge in [-0.15, -0.1) is 0 Å². The van der Waals surface area contributed by atoms with E-state index in [1.54, 1.807) is 0 Å². The summed E-state index contributed by atoms with van der Waals surface area (Å²) < 4.78 is 11.3. The lowest BCUT2D eigenvalue weighted by Crippen LogP contribution is -2.25. The van der Waals surface area contributed by atoms with Crippen molar-refractivity contribution in [1.29, 1.82) is 0 Å². The Morgan fingerprint density at radius 1 is 0.735 bits per heavy atom. The fourth-order valence-corrected chi connectivity index (χ4v) is 6.90. The molecule has 1 saturated heterocycles. The lowest BCUT2D eigenvalue weighted by Gasteiger charge is -2.29. The molecule has 4 atom stereocenters. The van der Waals surface area contributed by atoms with E-state index >= 15 is 0 Å². The highest BCUT2D eigenvalue weighted by molar-refractivity contribution is 5.53. The molecule has 1 saturated carbocycles. The number of hydrogen-bond acceptors (Lipinski definition) is 4. The van der Waals surface area contributed by atoms with Crippen LogP contribution in [0.5, 0.6) is 11.5 Å². The summed E-state index contributed by atoms with van der Waals surface area (Å²) in [5, 5.41) is 0. The largest absolute Gasteiger partial charge is 0.486 e. The molecule has 49 heavy (non-hydrogen) atoms. The maximum Gasteiger partial charge on any atom is 0.161 e. The number of fused-ring (bicyclic) bond motifs is 1. The summed E-state index contributed by atoms with van der Waals surface area (Å²) in [5.41, 5.74) is 8.26. The van der Waals surface area contributed by atoms with E-state index in [1.165, 1.54) is 78.3 Å². The minimum absolute atomic E-state index is 0.281. The van der Waals surface area contributed by atoms with Crippen LogP contribution in [-0.2, 0) is 17.6 Å². The molecule has 6 rings (SSSR count). The summed E-state index contributed by atoms with van der Waals surface area (Å²) in [6.45, 7) is 20.5. The van der Waals surface area contributed by atoms with Gasteiger partial charge in [0.25, 0.3) is 0 Å². The molecule has 4 nitrogen and oxygen atoms in total. The van der Waals surface area contributed by atoms with E-state index < -0.39 is 0 Å². The van der Waals surface area contributed by atoms with Crippen LogP contribution in [0.25, 0.3) is 0 Å². The van der Waals surface area contributed by atoms with Crippen molar-refractivity contribution in [2.24, 2.45) is 11.8 Å². The van der Waals surface area contributed by atoms with Gasteiger partial charge >= 0.3 is 0 Å². The van der Waals surface area contributed by atoms with E-state index in [0.717, 1.165) is 55.4 Å². The fourth-order valence-electron chi connectivity index (χ4n) is 6.90. The fraction of sp³-hybridized carbons (Fsp3) is 0.578. The first-order valence-electron chi connectivity index (χ1n) is 19.5. The Labute approximate surface area is 300 Å². The molecule has 0 bridgehead atoms. The van der Waals surface area contributed by atoms with Crippen molar-refractivity contribution in [2.75, 3.05) is 26.3 Å². The number of aryl methyl sites for hydroxylation is 3. The van der Waals surface area contributed by atoms with Crippen LogP contribution in [0, 0.1) is 25.7 Å². The summed E-state index contributed by atoms with van der Waals surface area (Å²) in [5.74, 6) is 4.12. The molecule has 3 aliphatic rings. The van der Waals surface area contributed by atoms with Crippen LogP contribution in [0.15, 0.2) is 60.7 Å². The van der Waals surface area contributed by atoms with Gasteiger partial charge in [0.2, 0.25) is 0 Å². The van der Waals surface area contributed by atoms with E-state index in [-0.39, 0.29) is 6.04 Å². The predicted molar refractivity (Wildman–Crippen MR) is 208 cm³/mol. The van der Waals surface area contributed by atoms with Crippen LogP contribution < -0.4 is 9.47 Å². The molecular weight excluding hydrogens is 602 g/mol. The van der Waals surface area contributed by atoms with Crippen molar-refractivity contribution in [3.05, 3.63) is 94.0 Å². The third-order valence-electron chi connectivity index (χ3n) is 10.8. The minimum Gasteiger partial charge on any atom is -0.486 e. The van der Waals surface area contributed by atoms with Gasteiger partial charge in [-0.3, -0.25) is 4.90 Å². The zero-order valence-corrected chi connectivity index (χ0v) is 32.2. The van der Waals surface area contributed by atoms with Crippen molar-refractivity contribution in [3.8, 4) is 11.5 Å². The van der Waals surface area contributed by atoms with Crippen LogP contribution >= 0.6 is 0 Å². The Morgan fingerprint density at radius 3 is 1.82 bits per heavy atom. The lowest BCUT2D eigenvalue weighted by molar-refractivity contribution is -0.109. The number of hydrogen-bond donors (Lipinski definition) is 0. The lowest BCUT2D eigenvalue weighted by atomic mass is 9.77. The molecule has 2 aliphatic heterocycles. The van der Waals surface area contributed by atoms with Crippen LogP contribution in [0.4, 0.5) is 0 Å². The molecule has 2 heterocycles. The second-order valence-electron chi connectivity index (χ2n) is 14.4. The molecule has 3 aromatic carbocycles. The van der Waals surface area contributed by atoms with Crippen molar-refractivity contribution >= 4 is 6.29 Å². The number of aldehydes is 1. The Kier molecular flexibility index (Phi) is 18.0. The van der Waals surface area contributed by atoms with E-state index in [9.17, 15) is 4.79 Å². The Bertz CT molecular complexity index is 1330. The number of benzene rings is 3. The maximum atomic E-state index is 11.1. The minimum atomic E-state index is 0.281. The van der Waals surface area contributed by atoms with Crippen molar-refractivity contribution in [1.82, 2.24) is 4.90 Å². The molecule has 0 spiro atoms. The van der Waals surface area contributed by atoms with Gasteiger partial charge in [0.15, 0.2) is 11.5 Å². The molecule has 3 unspecified atom stereocenters. The maximum absolute atomic E-state index is 11.1. The van der Waals surface area contributed by atoms with Crippen LogP contribution in [0.2, 0.25) is 0 Å². The summed E-state index contributed by atoms with van der Waals surface area (Å²) in [6, 6.07) is 21.8. The predicted octanol–water partition coefficient (Wildman–Crippen LogP) is 11.6. The normalized spacial score (nSPS) is 20.7. The van der Waals surface area contributed by atoms with E-state index in [4.69, 9.17) is 9.47 Å². The number of likely N-dealkylation sites (tertiary alicyclic amines) is 1. The van der Waals surface area contributed by atoms with Gasteiger partial charge in [0.05, 0.1) is 6.54 Å². The highest BCUT2D eigenvalue weighted by atomic mass is 16.6. The highest BCUT2D eigenvalue weighted by Gasteiger charge is 2.34. The highest BCUT2D eigenvalue weighted by Crippen LogP contribution is 2.42. The number of nitrogens with zero attached hydrogens (tertiary/aromatic N) is 1. The molecule has 2 fully saturated rings. The molecule has 270 valence electrons. The topological polar surface area (TPSA) is 38.8 Å². The molecule has 3 aromatic rings. The van der Waals surface area contributed by atoms with E-state index in [1.807, 2.05) is 6.07 Å². The number of carbonyl (C=O) groups is 1. The zero-order valence-electron chi connectivity index (χ0n) is 32.2. The van der Waals surface area contributed by atoms with Crippen molar-refractivity contribution in [2.45, 2.75) is 132 Å². The quantitative estimate of drug-likeness (QED) is 0.159. The van der Waals surface area contributed by atoms with Gasteiger partial charge in [0, 0.05) is 12.6 Å². The molecule has 4 heteroatoms. The van der Waals surface area contributed by atoms with Gasteiger partial charge in [0.1, 0.15) is 19.5 Å². The van der Waals surface area contributed by atoms with Gasteiger partial charge in [-0.2, -0.15) is 0 Å². The van der Waals surface area contributed by atoms with Crippen LogP contribution in [0.1, 0.15) is 138 Å². The first-order chi connectivity index (χ1) is 23.8. The Morgan fingerprint density at radius 2 is 1.31 bits per heavy atom. The third kappa shape index (κ3) is 12.6. The molecular formula is C45H67NO3. The molecule has 0 amide bonds. The number of rotatable bonds is 10. The van der Waals surface area contributed by atoms with Crippen LogP contribution in [-0.4, -0.2) is 37.5 Å². The SMILES string of the molecule is CC1CCC1C.CCCCCCC.CCc1cccc(CC)c1C.Cc1ccc([C@H]2CC(c3ccc4c(c3)OCCO4)CN2CC=O)cc1. The molecule has 1 aliphatic carbocycles. The van der Waals surface area contributed by atoms with Gasteiger partial charge < -0.3 is 14.3 Å². The summed E-state index contributed by atoms with van der Waals surface area (Å²) in [6.07, 6.45) is 14.3. The Hall–Kier alpha value is -3.11. The third-order valence-corrected chi connectivity index (χ3v) is 10.8. The number of unbranched alkanes of at least 4 members (excludes halogenated alkanes) is 4. The van der Waals surface area contributed by atoms with Crippen molar-refractivity contribution in [3.63, 3.8) is 0 Å². The molecule has 0 aromatic heterocycles. The van der Waals surface area contributed by atoms with Gasteiger partial charge in [-0.05, 0) is 90.8 Å². The summed E-state index contributed by atoms with van der Waals surface area (Å²) in [7, 11) is 0. The number of carbonyl (C=O) groups excluding carboxylic acids is 1. The van der Waals surface area contributed by atoms with E-state index in [2.05, 4.69) is 115 Å². The number of ether oxygens (including phenoxy) is 2. The van der Waals surface area contributed by atoms with Gasteiger partial charge in [-0.25, -0.2) is 0 Å². The van der Waals surface area contributed by atoms with Crippen molar-refractivity contribution < 1.29 is 14.3 Å². The monoisotopic (exact) mass is 670 g/mol. The molecule has 0 N–H and O–H groups in total. The van der Waals surface area contributed by atoms with E-state index in [0.29, 0.717) is 25.7 Å². The zero-order chi connectivity index (χ0) is 35.6. The second kappa shape index (κ2) is 21.9. The average molecular weight is 670 g/mol. The smallest absolute Gasteiger partial charge is 0.161 e. The van der Waals surface area contributed by atoms with Gasteiger partial charge in [-0.1, -0.05) is 141 Å². The summed E-state index contributed by atoms with van der Waals surface area (Å²) >= 11 is 0. The average Bonchev–Trinajstić information content (AvgIpc) is 3.56. The molecule has 0 radical (unpaired) electrons. The first kappa shape index (κ1) is 40.3. The van der Waals surface area contributed by atoms with Crippen LogP contribution in [0.3, 0.4) is 0 Å². The second-order valence-corrected chi connectivity index (χ2v) is 14.4. The Balaban J connectivity index is 0.000000222.